The predicted octanol–water partition coefficient (Wildman–Crippen LogP) is 3.63. The first-order valence-corrected chi connectivity index (χ1v) is 9.12. The smallest absolute Gasteiger partial charge is 0.270 e. The Balaban J connectivity index is 2.19. The van der Waals surface area contributed by atoms with Crippen molar-refractivity contribution in [2.24, 2.45) is 0 Å². The van der Waals surface area contributed by atoms with Gasteiger partial charge in [-0.2, -0.15) is 0 Å². The Bertz CT molecular complexity index is 767. The number of carbonyl (C=O) groups excluding carboxylic acids is 2. The van der Waals surface area contributed by atoms with Crippen LogP contribution >= 0.6 is 11.8 Å². The lowest BCUT2D eigenvalue weighted by molar-refractivity contribution is -0.122. The van der Waals surface area contributed by atoms with E-state index in [1.54, 1.807) is 17.0 Å². The maximum absolute atomic E-state index is 13.5. The first kappa shape index (κ1) is 17.5. The third-order valence-electron chi connectivity index (χ3n) is 4.15. The zero-order valence-electron chi connectivity index (χ0n) is 14.5. The molecule has 1 aliphatic heterocycles. The second-order valence-corrected chi connectivity index (χ2v) is 7.30. The number of thioether (sulfide) groups is 1. The van der Waals surface area contributed by atoms with E-state index >= 15 is 0 Å². The number of hydrogen-bond donors (Lipinski definition) is 0. The molecular weight excluding hydrogens is 334 g/mol. The molecule has 3 rings (SSSR count). The summed E-state index contributed by atoms with van der Waals surface area (Å²) >= 11 is 1.45. The van der Waals surface area contributed by atoms with Gasteiger partial charge in [0.1, 0.15) is 0 Å². The number of para-hydroxylation sites is 2. The number of likely N-dealkylation sites (N-methyl/N-ethyl adjacent to an activating group) is 1. The van der Waals surface area contributed by atoms with Crippen LogP contribution in [-0.4, -0.2) is 41.7 Å². The van der Waals surface area contributed by atoms with E-state index in [2.05, 4.69) is 0 Å². The topological polar surface area (TPSA) is 43.9 Å². The molecule has 5 nitrogen and oxygen atoms in total. The first-order chi connectivity index (χ1) is 12.0. The number of imide groups is 1. The first-order valence-electron chi connectivity index (χ1n) is 8.14. The molecule has 0 spiro atoms. The fourth-order valence-electron chi connectivity index (χ4n) is 3.07. The molecule has 3 amide bonds. The van der Waals surface area contributed by atoms with Gasteiger partial charge in [-0.15, -0.1) is 11.8 Å². The lowest BCUT2D eigenvalue weighted by atomic mass is 10.2. The third kappa shape index (κ3) is 2.71. The highest BCUT2D eigenvalue weighted by Crippen LogP contribution is 2.44. The average Bonchev–Trinajstić information content (AvgIpc) is 2.84. The number of carbonyl (C=O) groups is 2. The van der Waals surface area contributed by atoms with Gasteiger partial charge in [0, 0.05) is 5.69 Å². The highest BCUT2D eigenvalue weighted by Gasteiger charge is 2.60. The van der Waals surface area contributed by atoms with Gasteiger partial charge in [0.25, 0.3) is 5.91 Å². The molecule has 0 bridgehead atoms. The molecule has 1 saturated heterocycles. The van der Waals surface area contributed by atoms with Gasteiger partial charge in [-0.3, -0.25) is 14.6 Å². The Labute approximate surface area is 152 Å². The van der Waals surface area contributed by atoms with Crippen molar-refractivity contribution in [1.29, 1.82) is 0 Å². The van der Waals surface area contributed by atoms with Crippen LogP contribution in [0, 0.1) is 0 Å². The summed E-state index contributed by atoms with van der Waals surface area (Å²) in [6.45, 7) is 1.99. The third-order valence-corrected chi connectivity index (χ3v) is 5.56. The van der Waals surface area contributed by atoms with Crippen molar-refractivity contribution < 1.29 is 9.59 Å². The molecule has 2 aromatic carbocycles. The SMILES string of the molecule is CCSC1(N(C)C)C(=O)N(c2ccccc2)C(=O)N1c1ccccc1. The average molecular weight is 355 g/mol. The maximum Gasteiger partial charge on any atom is 0.338 e. The predicted molar refractivity (Wildman–Crippen MR) is 103 cm³/mol. The van der Waals surface area contributed by atoms with Gasteiger partial charge < -0.3 is 0 Å². The van der Waals surface area contributed by atoms with E-state index in [0.717, 1.165) is 0 Å². The minimum atomic E-state index is -1.11. The summed E-state index contributed by atoms with van der Waals surface area (Å²) in [5.41, 5.74) is 1.28. The largest absolute Gasteiger partial charge is 0.338 e. The Kier molecular flexibility index (Phi) is 4.83. The Hall–Kier alpha value is -2.31. The summed E-state index contributed by atoms with van der Waals surface area (Å²) in [6, 6.07) is 18.1. The monoisotopic (exact) mass is 355 g/mol. The second kappa shape index (κ2) is 6.90. The van der Waals surface area contributed by atoms with E-state index in [1.807, 2.05) is 74.4 Å². The number of benzene rings is 2. The van der Waals surface area contributed by atoms with Crippen LogP contribution in [0.4, 0.5) is 16.2 Å². The van der Waals surface area contributed by atoms with Crippen molar-refractivity contribution in [2.45, 2.75) is 11.9 Å². The van der Waals surface area contributed by atoms with E-state index in [-0.39, 0.29) is 11.9 Å². The number of amides is 3. The minimum absolute atomic E-state index is 0.246. The van der Waals surface area contributed by atoms with Gasteiger partial charge in [0.15, 0.2) is 0 Å². The van der Waals surface area contributed by atoms with E-state index in [4.69, 9.17) is 0 Å². The van der Waals surface area contributed by atoms with Gasteiger partial charge in [-0.25, -0.2) is 9.69 Å². The van der Waals surface area contributed by atoms with Crippen LogP contribution in [-0.2, 0) is 4.79 Å². The molecule has 2 aromatic rings. The molecule has 1 aliphatic rings. The second-order valence-electron chi connectivity index (χ2n) is 5.87. The maximum atomic E-state index is 13.5. The van der Waals surface area contributed by atoms with Crippen molar-refractivity contribution in [3.05, 3.63) is 60.7 Å². The summed E-state index contributed by atoms with van der Waals surface area (Å²) < 4.78 is 0. The van der Waals surface area contributed by atoms with E-state index in [9.17, 15) is 9.59 Å². The van der Waals surface area contributed by atoms with Gasteiger partial charge in [-0.1, -0.05) is 43.3 Å². The van der Waals surface area contributed by atoms with Crippen molar-refractivity contribution in [3.63, 3.8) is 0 Å². The van der Waals surface area contributed by atoms with Crippen molar-refractivity contribution in [3.8, 4) is 0 Å². The zero-order valence-corrected chi connectivity index (χ0v) is 15.4. The van der Waals surface area contributed by atoms with Crippen LogP contribution in [0.15, 0.2) is 60.7 Å². The van der Waals surface area contributed by atoms with Crippen molar-refractivity contribution in [2.75, 3.05) is 29.6 Å². The Morgan fingerprint density at radius 3 is 1.92 bits per heavy atom. The lowest BCUT2D eigenvalue weighted by Crippen LogP contribution is -2.57. The Morgan fingerprint density at radius 1 is 0.920 bits per heavy atom. The van der Waals surface area contributed by atoms with Crippen LogP contribution < -0.4 is 9.80 Å². The van der Waals surface area contributed by atoms with Gasteiger partial charge >= 0.3 is 6.03 Å². The fraction of sp³-hybridized carbons (Fsp3) is 0.263. The number of hydrogen-bond acceptors (Lipinski definition) is 4. The van der Waals surface area contributed by atoms with Gasteiger partial charge in [0.2, 0.25) is 4.99 Å². The molecule has 0 aliphatic carbocycles. The van der Waals surface area contributed by atoms with Crippen molar-refractivity contribution >= 4 is 35.1 Å². The highest BCUT2D eigenvalue weighted by atomic mass is 32.2. The summed E-state index contributed by atoms with van der Waals surface area (Å²) in [6.07, 6.45) is 0. The summed E-state index contributed by atoms with van der Waals surface area (Å²) in [5, 5.41) is 0. The van der Waals surface area contributed by atoms with Gasteiger partial charge in [-0.05, 0) is 44.1 Å². The molecule has 0 saturated carbocycles. The molecule has 1 heterocycles. The zero-order chi connectivity index (χ0) is 18.0. The molecule has 1 atom stereocenters. The molecule has 0 aromatic heterocycles. The lowest BCUT2D eigenvalue weighted by Gasteiger charge is -2.39. The number of nitrogens with zero attached hydrogens (tertiary/aromatic N) is 3. The number of urea groups is 1. The van der Waals surface area contributed by atoms with Crippen LogP contribution in [0.2, 0.25) is 0 Å². The fourth-order valence-corrected chi connectivity index (χ4v) is 4.26. The molecule has 6 heteroatoms. The van der Waals surface area contributed by atoms with Crippen LogP contribution in [0.25, 0.3) is 0 Å². The Morgan fingerprint density at radius 2 is 1.44 bits per heavy atom. The molecule has 130 valence electrons. The quantitative estimate of drug-likeness (QED) is 0.607. The molecule has 1 fully saturated rings. The van der Waals surface area contributed by atoms with Crippen LogP contribution in [0.1, 0.15) is 6.92 Å². The number of rotatable bonds is 5. The van der Waals surface area contributed by atoms with Crippen LogP contribution in [0.3, 0.4) is 0 Å². The molecule has 0 N–H and O–H groups in total. The van der Waals surface area contributed by atoms with Crippen LogP contribution in [0.5, 0.6) is 0 Å². The summed E-state index contributed by atoms with van der Waals surface area (Å²) in [5.74, 6) is 0.452. The number of anilines is 2. The van der Waals surface area contributed by atoms with E-state index in [1.165, 1.54) is 16.7 Å². The molecular formula is C19H21N3O2S. The molecule has 1 unspecified atom stereocenters. The summed E-state index contributed by atoms with van der Waals surface area (Å²) in [7, 11) is 3.66. The summed E-state index contributed by atoms with van der Waals surface area (Å²) in [4.78, 5) is 30.3. The highest BCUT2D eigenvalue weighted by molar-refractivity contribution is 8.01. The molecule has 25 heavy (non-hydrogen) atoms. The normalized spacial score (nSPS) is 20.6. The van der Waals surface area contributed by atoms with Gasteiger partial charge in [0.05, 0.1) is 5.69 Å². The van der Waals surface area contributed by atoms with E-state index in [0.29, 0.717) is 17.1 Å². The van der Waals surface area contributed by atoms with E-state index < -0.39 is 4.99 Å². The minimum Gasteiger partial charge on any atom is -0.270 e. The molecule has 0 radical (unpaired) electrons. The van der Waals surface area contributed by atoms with Crippen molar-refractivity contribution in [1.82, 2.24) is 4.90 Å². The standard InChI is InChI=1S/C19H21N3O2S/c1-4-25-19(20(2)3)17(23)21(15-11-7-5-8-12-15)18(24)22(19)16-13-9-6-10-14-16/h5-14H,4H2,1-3H3.